The van der Waals surface area contributed by atoms with Gasteiger partial charge in [0.1, 0.15) is 0 Å². The molecule has 1 aromatic rings. The number of nitrogens with two attached hydrogens (primary N) is 1. The van der Waals surface area contributed by atoms with E-state index >= 15 is 0 Å². The van der Waals surface area contributed by atoms with Crippen LogP contribution >= 0.6 is 36.3 Å². The molecule has 0 aliphatic carbocycles. The number of amides is 1. The largest absolute Gasteiger partial charge is 0.367 e. The lowest BCUT2D eigenvalue weighted by Gasteiger charge is -2.35. The fraction of sp³-hybridized carbons (Fsp3) is 0.727. The molecule has 21 heavy (non-hydrogen) atoms. The standard InChI is InChI=1S/C11H18N6OS.2ClH/c12-10-14-11(19-15-10)17-6-4-16(5-7-17)9(18)8-2-1-3-13-8;;/h8,13H,1-7H2,(H2,12,15);2*1H. The average Bonchev–Trinajstić information content (AvgIpc) is 3.09. The molecule has 3 heterocycles. The monoisotopic (exact) mass is 354 g/mol. The number of anilines is 2. The number of hydrogen-bond donors (Lipinski definition) is 2. The van der Waals surface area contributed by atoms with Crippen LogP contribution in [0.25, 0.3) is 0 Å². The van der Waals surface area contributed by atoms with Crippen LogP contribution in [0.4, 0.5) is 11.1 Å². The fourth-order valence-corrected chi connectivity index (χ4v) is 3.24. The first-order chi connectivity index (χ1) is 9.24. The van der Waals surface area contributed by atoms with E-state index in [1.807, 2.05) is 4.90 Å². The molecule has 2 saturated heterocycles. The van der Waals surface area contributed by atoms with E-state index < -0.39 is 0 Å². The summed E-state index contributed by atoms with van der Waals surface area (Å²) < 4.78 is 3.99. The topological polar surface area (TPSA) is 87.4 Å². The lowest BCUT2D eigenvalue weighted by Crippen LogP contribution is -2.53. The third kappa shape index (κ3) is 4.09. The Bertz CT molecular complexity index is 459. The second-order valence-corrected chi connectivity index (χ2v) is 5.63. The molecule has 1 aromatic heterocycles. The van der Waals surface area contributed by atoms with Gasteiger partial charge in [0.15, 0.2) is 0 Å². The van der Waals surface area contributed by atoms with Gasteiger partial charge in [-0.3, -0.25) is 4.79 Å². The number of hydrogen-bond acceptors (Lipinski definition) is 7. The van der Waals surface area contributed by atoms with Crippen molar-refractivity contribution in [1.29, 1.82) is 0 Å². The van der Waals surface area contributed by atoms with Crippen LogP contribution in [0.3, 0.4) is 0 Å². The molecule has 3 rings (SSSR count). The van der Waals surface area contributed by atoms with Gasteiger partial charge in [-0.25, -0.2) is 0 Å². The van der Waals surface area contributed by atoms with Crippen molar-refractivity contribution in [2.45, 2.75) is 18.9 Å². The smallest absolute Gasteiger partial charge is 0.239 e. The molecule has 120 valence electrons. The van der Waals surface area contributed by atoms with E-state index in [9.17, 15) is 4.79 Å². The van der Waals surface area contributed by atoms with Gasteiger partial charge >= 0.3 is 0 Å². The molecule has 0 aromatic carbocycles. The summed E-state index contributed by atoms with van der Waals surface area (Å²) in [5.74, 6) is 0.572. The number of carbonyl (C=O) groups excluding carboxylic acids is 1. The van der Waals surface area contributed by atoms with Crippen molar-refractivity contribution >= 4 is 53.3 Å². The van der Waals surface area contributed by atoms with E-state index in [4.69, 9.17) is 5.73 Å². The van der Waals surface area contributed by atoms with Crippen molar-refractivity contribution < 1.29 is 4.79 Å². The van der Waals surface area contributed by atoms with Crippen LogP contribution < -0.4 is 16.0 Å². The molecule has 2 aliphatic rings. The second kappa shape index (κ2) is 7.98. The number of rotatable bonds is 2. The van der Waals surface area contributed by atoms with Gasteiger partial charge in [-0.2, -0.15) is 9.36 Å². The maximum Gasteiger partial charge on any atom is 0.239 e. The van der Waals surface area contributed by atoms with Gasteiger partial charge in [0.05, 0.1) is 6.04 Å². The van der Waals surface area contributed by atoms with E-state index in [2.05, 4.69) is 19.6 Å². The summed E-state index contributed by atoms with van der Waals surface area (Å²) >= 11 is 1.32. The van der Waals surface area contributed by atoms with Crippen molar-refractivity contribution in [3.8, 4) is 0 Å². The first-order valence-corrected chi connectivity index (χ1v) is 7.37. The van der Waals surface area contributed by atoms with Crippen molar-refractivity contribution in [3.05, 3.63) is 0 Å². The SMILES string of the molecule is Cl.Cl.Nc1nsc(N2CCN(C(=O)C3CCCN3)CC2)n1. The molecule has 0 bridgehead atoms. The number of halogens is 2. The summed E-state index contributed by atoms with van der Waals surface area (Å²) in [6.45, 7) is 4.05. The Morgan fingerprint density at radius 2 is 2.00 bits per heavy atom. The third-order valence-corrected chi connectivity index (χ3v) is 4.44. The molecule has 0 spiro atoms. The van der Waals surface area contributed by atoms with Crippen LogP contribution in [0.2, 0.25) is 0 Å². The number of nitrogens with one attached hydrogen (secondary N) is 1. The third-order valence-electron chi connectivity index (χ3n) is 3.65. The molecule has 0 saturated carbocycles. The molecule has 1 unspecified atom stereocenters. The minimum atomic E-state index is 0. The highest BCUT2D eigenvalue weighted by molar-refractivity contribution is 7.09. The van der Waals surface area contributed by atoms with Gasteiger partial charge in [-0.05, 0) is 19.4 Å². The minimum Gasteiger partial charge on any atom is -0.367 e. The fourth-order valence-electron chi connectivity index (χ4n) is 2.59. The van der Waals surface area contributed by atoms with Crippen LogP contribution in [0.5, 0.6) is 0 Å². The Kier molecular flexibility index (Phi) is 6.92. The number of carbonyl (C=O) groups is 1. The predicted molar refractivity (Wildman–Crippen MR) is 88.6 cm³/mol. The number of nitrogens with zero attached hydrogens (tertiary/aromatic N) is 4. The molecule has 10 heteroatoms. The first-order valence-electron chi connectivity index (χ1n) is 6.60. The predicted octanol–water partition coefficient (Wildman–Crippen LogP) is 0.364. The normalized spacial score (nSPS) is 21.6. The minimum absolute atomic E-state index is 0. The molecular weight excluding hydrogens is 335 g/mol. The maximum absolute atomic E-state index is 12.2. The zero-order chi connectivity index (χ0) is 13.2. The van der Waals surface area contributed by atoms with Crippen molar-refractivity contribution in [2.75, 3.05) is 43.4 Å². The first kappa shape index (κ1) is 18.2. The van der Waals surface area contributed by atoms with E-state index in [0.29, 0.717) is 5.95 Å². The van der Waals surface area contributed by atoms with E-state index in [1.165, 1.54) is 11.5 Å². The molecule has 1 amide bonds. The van der Waals surface area contributed by atoms with Gasteiger partial charge in [-0.1, -0.05) is 0 Å². The van der Waals surface area contributed by atoms with Crippen LogP contribution in [-0.2, 0) is 4.79 Å². The quantitative estimate of drug-likeness (QED) is 0.797. The Morgan fingerprint density at radius 1 is 1.29 bits per heavy atom. The van der Waals surface area contributed by atoms with Crippen molar-refractivity contribution in [3.63, 3.8) is 0 Å². The Morgan fingerprint density at radius 3 is 2.52 bits per heavy atom. The summed E-state index contributed by atoms with van der Waals surface area (Å²) in [5, 5.41) is 4.11. The van der Waals surface area contributed by atoms with Crippen molar-refractivity contribution in [1.82, 2.24) is 19.6 Å². The highest BCUT2D eigenvalue weighted by Crippen LogP contribution is 2.20. The molecule has 7 nitrogen and oxygen atoms in total. The van der Waals surface area contributed by atoms with Crippen LogP contribution in [0.1, 0.15) is 12.8 Å². The van der Waals surface area contributed by atoms with Crippen molar-refractivity contribution in [2.24, 2.45) is 0 Å². The van der Waals surface area contributed by atoms with E-state index in [0.717, 1.165) is 50.7 Å². The van der Waals surface area contributed by atoms with Crippen LogP contribution in [0.15, 0.2) is 0 Å². The lowest BCUT2D eigenvalue weighted by molar-refractivity contribution is -0.133. The molecule has 0 radical (unpaired) electrons. The molecule has 2 fully saturated rings. The average molecular weight is 355 g/mol. The zero-order valence-corrected chi connectivity index (χ0v) is 14.0. The van der Waals surface area contributed by atoms with Crippen LogP contribution in [0, 0.1) is 0 Å². The number of piperazine rings is 1. The van der Waals surface area contributed by atoms with Crippen LogP contribution in [-0.4, -0.2) is 58.9 Å². The Balaban J connectivity index is 0.00000110. The molecule has 1 atom stereocenters. The summed E-state index contributed by atoms with van der Waals surface area (Å²) in [4.78, 5) is 20.5. The summed E-state index contributed by atoms with van der Waals surface area (Å²) in [6.07, 6.45) is 2.06. The maximum atomic E-state index is 12.2. The molecular formula is C11H20Cl2N6OS. The Labute approximate surface area is 140 Å². The van der Waals surface area contributed by atoms with Gasteiger partial charge in [0.25, 0.3) is 0 Å². The zero-order valence-electron chi connectivity index (χ0n) is 11.5. The molecule has 2 aliphatic heterocycles. The second-order valence-electron chi connectivity index (χ2n) is 4.90. The van der Waals surface area contributed by atoms with E-state index in [1.54, 1.807) is 0 Å². The molecule has 3 N–H and O–H groups in total. The summed E-state index contributed by atoms with van der Waals surface area (Å²) in [6, 6.07) is 0.0312. The summed E-state index contributed by atoms with van der Waals surface area (Å²) in [5.41, 5.74) is 5.53. The lowest BCUT2D eigenvalue weighted by atomic mass is 10.2. The van der Waals surface area contributed by atoms with Gasteiger partial charge in [0.2, 0.25) is 17.0 Å². The van der Waals surface area contributed by atoms with Gasteiger partial charge in [-0.15, -0.1) is 24.8 Å². The highest BCUT2D eigenvalue weighted by atomic mass is 35.5. The summed E-state index contributed by atoms with van der Waals surface area (Å²) in [7, 11) is 0. The Hall–Kier alpha value is -0.830. The highest BCUT2D eigenvalue weighted by Gasteiger charge is 2.29. The van der Waals surface area contributed by atoms with E-state index in [-0.39, 0.29) is 36.8 Å². The number of aromatic nitrogens is 2. The van der Waals surface area contributed by atoms with Gasteiger partial charge < -0.3 is 20.9 Å². The van der Waals surface area contributed by atoms with Gasteiger partial charge in [0, 0.05) is 37.7 Å². The number of nitrogen functional groups attached to an aromatic ring is 1.